The minimum Gasteiger partial charge on any atom is -0.394 e. The molecule has 31 heavy (non-hydrogen) atoms. The van der Waals surface area contributed by atoms with Gasteiger partial charge in [-0.25, -0.2) is 14.5 Å². The van der Waals surface area contributed by atoms with Crippen molar-refractivity contribution in [3.05, 3.63) is 30.5 Å². The molecule has 2 atom stereocenters. The number of aliphatic hydroxyl groups excluding tert-OH is 1. The van der Waals surface area contributed by atoms with Crippen LogP contribution in [0.3, 0.4) is 0 Å². The number of fused-ring (bicyclic) bond motifs is 1. The van der Waals surface area contributed by atoms with Gasteiger partial charge in [0.15, 0.2) is 5.65 Å². The number of aromatic nitrogens is 4. The van der Waals surface area contributed by atoms with Crippen molar-refractivity contribution in [1.82, 2.24) is 25.1 Å². The lowest BCUT2D eigenvalue weighted by Crippen LogP contribution is -2.44. The Morgan fingerprint density at radius 1 is 1.32 bits per heavy atom. The number of amides is 2. The molecule has 1 aromatic carbocycles. The number of ether oxygens (including phenoxy) is 1. The van der Waals surface area contributed by atoms with E-state index >= 15 is 0 Å². The molecule has 1 aliphatic heterocycles. The Kier molecular flexibility index (Phi) is 6.01. The van der Waals surface area contributed by atoms with Crippen LogP contribution in [0.4, 0.5) is 16.4 Å². The number of nitrogens with zero attached hydrogens (tertiary/aromatic N) is 5. The van der Waals surface area contributed by atoms with E-state index in [0.717, 1.165) is 16.6 Å². The van der Waals surface area contributed by atoms with E-state index in [2.05, 4.69) is 27.6 Å². The highest BCUT2D eigenvalue weighted by molar-refractivity contribution is 5.93. The molecule has 0 radical (unpaired) electrons. The van der Waals surface area contributed by atoms with Gasteiger partial charge in [-0.15, -0.1) is 0 Å². The highest BCUT2D eigenvalue weighted by atomic mass is 16.5. The molecule has 10 heteroatoms. The molecule has 3 aromatic rings. The smallest absolute Gasteiger partial charge is 0.318 e. The summed E-state index contributed by atoms with van der Waals surface area (Å²) in [5.74, 6) is 0.609. The number of morpholine rings is 1. The molecule has 10 nitrogen and oxygen atoms in total. The van der Waals surface area contributed by atoms with Crippen LogP contribution in [-0.2, 0) is 4.74 Å². The number of nitrogens with one attached hydrogen (secondary N) is 2. The van der Waals surface area contributed by atoms with E-state index in [9.17, 15) is 9.90 Å². The predicted molar refractivity (Wildman–Crippen MR) is 118 cm³/mol. The molecule has 0 saturated carbocycles. The van der Waals surface area contributed by atoms with Gasteiger partial charge in [-0.1, -0.05) is 12.1 Å². The summed E-state index contributed by atoms with van der Waals surface area (Å²) in [5, 5.41) is 20.2. The summed E-state index contributed by atoms with van der Waals surface area (Å²) >= 11 is 0. The number of urea groups is 1. The first-order valence-electron chi connectivity index (χ1n) is 10.3. The van der Waals surface area contributed by atoms with Crippen LogP contribution in [0.15, 0.2) is 30.5 Å². The van der Waals surface area contributed by atoms with Gasteiger partial charge in [0.05, 0.1) is 49.2 Å². The zero-order valence-corrected chi connectivity index (χ0v) is 17.9. The quantitative estimate of drug-likeness (QED) is 0.572. The van der Waals surface area contributed by atoms with Crippen LogP contribution in [0.25, 0.3) is 22.3 Å². The van der Waals surface area contributed by atoms with Gasteiger partial charge in [-0.2, -0.15) is 10.1 Å². The first-order chi connectivity index (χ1) is 15.0. The summed E-state index contributed by atoms with van der Waals surface area (Å²) in [6.45, 7) is 5.87. The number of benzene rings is 1. The van der Waals surface area contributed by atoms with Crippen molar-refractivity contribution in [1.29, 1.82) is 0 Å². The van der Waals surface area contributed by atoms with Crippen LogP contribution in [-0.4, -0.2) is 70.3 Å². The normalized spacial score (nSPS) is 17.5. The van der Waals surface area contributed by atoms with Gasteiger partial charge < -0.3 is 25.4 Å². The average Bonchev–Trinajstić information content (AvgIpc) is 3.23. The summed E-state index contributed by atoms with van der Waals surface area (Å²) in [6, 6.07) is 7.13. The van der Waals surface area contributed by atoms with E-state index in [0.29, 0.717) is 37.0 Å². The second kappa shape index (κ2) is 8.86. The van der Waals surface area contributed by atoms with E-state index in [4.69, 9.17) is 14.7 Å². The molecule has 1 fully saturated rings. The van der Waals surface area contributed by atoms with Crippen molar-refractivity contribution in [3.63, 3.8) is 0 Å². The molecule has 4 rings (SSSR count). The van der Waals surface area contributed by atoms with Crippen molar-refractivity contribution in [2.75, 3.05) is 43.6 Å². The van der Waals surface area contributed by atoms with Gasteiger partial charge >= 0.3 is 6.03 Å². The van der Waals surface area contributed by atoms with Gasteiger partial charge in [0, 0.05) is 24.8 Å². The average molecular weight is 425 g/mol. The minimum absolute atomic E-state index is 0.0424. The molecule has 3 N–H and O–H groups in total. The van der Waals surface area contributed by atoms with E-state index in [1.165, 1.54) is 0 Å². The SMILES string of the molecule is CNC(=O)Nc1ccc(-c2nc(N3CCOC[C@H]3C)nc3c2cnn3C(C)CO)cc1. The summed E-state index contributed by atoms with van der Waals surface area (Å²) in [5.41, 5.74) is 2.99. The maximum atomic E-state index is 11.6. The Morgan fingerprint density at radius 2 is 2.10 bits per heavy atom. The van der Waals surface area contributed by atoms with Gasteiger partial charge in [0.2, 0.25) is 5.95 Å². The van der Waals surface area contributed by atoms with Crippen LogP contribution in [0.2, 0.25) is 0 Å². The number of anilines is 2. The standard InChI is InChI=1S/C21H27N7O3/c1-13(11-29)28-19-17(10-23-28)18(15-4-6-16(7-5-15)24-21(30)22-3)25-20(26-19)27-8-9-31-12-14(27)2/h4-7,10,13-14,29H,8-9,11-12H2,1-3H3,(H2,22,24,30)/t13?,14-/m1/s1. The lowest BCUT2D eigenvalue weighted by atomic mass is 10.1. The van der Waals surface area contributed by atoms with E-state index < -0.39 is 0 Å². The van der Waals surface area contributed by atoms with Crippen LogP contribution in [0.5, 0.6) is 0 Å². The monoisotopic (exact) mass is 425 g/mol. The summed E-state index contributed by atoms with van der Waals surface area (Å²) in [6.07, 6.45) is 1.74. The molecule has 0 bridgehead atoms. The molecule has 0 aliphatic carbocycles. The number of carbonyl (C=O) groups is 1. The van der Waals surface area contributed by atoms with Crippen LogP contribution in [0, 0.1) is 0 Å². The Bertz CT molecular complexity index is 1070. The lowest BCUT2D eigenvalue weighted by molar-refractivity contribution is 0.0981. The van der Waals surface area contributed by atoms with Crippen molar-refractivity contribution >= 4 is 28.7 Å². The molecule has 2 amide bonds. The Balaban J connectivity index is 1.81. The molecule has 3 heterocycles. The third-order valence-corrected chi connectivity index (χ3v) is 5.39. The summed E-state index contributed by atoms with van der Waals surface area (Å²) in [4.78, 5) is 23.4. The second-order valence-electron chi connectivity index (χ2n) is 7.63. The topological polar surface area (TPSA) is 117 Å². The van der Waals surface area contributed by atoms with Crippen molar-refractivity contribution < 1.29 is 14.6 Å². The molecule has 1 saturated heterocycles. The van der Waals surface area contributed by atoms with Crippen molar-refractivity contribution in [2.24, 2.45) is 0 Å². The first kappa shape index (κ1) is 21.0. The van der Waals surface area contributed by atoms with Gasteiger partial charge in [-0.3, -0.25) is 0 Å². The van der Waals surface area contributed by atoms with Gasteiger partial charge in [0.1, 0.15) is 0 Å². The molecular formula is C21H27N7O3. The molecule has 1 unspecified atom stereocenters. The fourth-order valence-corrected chi connectivity index (χ4v) is 3.59. The maximum Gasteiger partial charge on any atom is 0.318 e. The van der Waals surface area contributed by atoms with E-state index in [1.54, 1.807) is 17.9 Å². The molecular weight excluding hydrogens is 398 g/mol. The Labute approximate surface area is 180 Å². The fraction of sp³-hybridized carbons (Fsp3) is 0.429. The van der Waals surface area contributed by atoms with Crippen molar-refractivity contribution in [2.45, 2.75) is 25.9 Å². The van der Waals surface area contributed by atoms with Crippen molar-refractivity contribution in [3.8, 4) is 11.3 Å². The Morgan fingerprint density at radius 3 is 2.77 bits per heavy atom. The highest BCUT2D eigenvalue weighted by Crippen LogP contribution is 2.31. The van der Waals surface area contributed by atoms with Crippen LogP contribution >= 0.6 is 0 Å². The first-order valence-corrected chi connectivity index (χ1v) is 10.3. The van der Waals surface area contributed by atoms with Crippen LogP contribution < -0.4 is 15.5 Å². The number of rotatable bonds is 5. The third kappa shape index (κ3) is 4.17. The number of aliphatic hydroxyl groups is 1. The predicted octanol–water partition coefficient (Wildman–Crippen LogP) is 2.02. The molecule has 1 aliphatic rings. The van der Waals surface area contributed by atoms with E-state index in [1.807, 2.05) is 31.2 Å². The number of carbonyl (C=O) groups excluding carboxylic acids is 1. The highest BCUT2D eigenvalue weighted by Gasteiger charge is 2.25. The summed E-state index contributed by atoms with van der Waals surface area (Å²) in [7, 11) is 1.57. The second-order valence-corrected chi connectivity index (χ2v) is 7.63. The zero-order valence-electron chi connectivity index (χ0n) is 17.9. The van der Waals surface area contributed by atoms with Crippen LogP contribution in [0.1, 0.15) is 19.9 Å². The Hall–Kier alpha value is -3.24. The van der Waals surface area contributed by atoms with Gasteiger partial charge in [0.25, 0.3) is 0 Å². The van der Waals surface area contributed by atoms with E-state index in [-0.39, 0.29) is 24.7 Å². The fourth-order valence-electron chi connectivity index (χ4n) is 3.59. The summed E-state index contributed by atoms with van der Waals surface area (Å²) < 4.78 is 7.30. The number of hydrogen-bond donors (Lipinski definition) is 3. The molecule has 164 valence electrons. The largest absolute Gasteiger partial charge is 0.394 e. The third-order valence-electron chi connectivity index (χ3n) is 5.39. The minimum atomic E-state index is -0.278. The maximum absolute atomic E-state index is 11.6. The zero-order chi connectivity index (χ0) is 22.0. The molecule has 0 spiro atoms. The molecule has 2 aromatic heterocycles. The van der Waals surface area contributed by atoms with Gasteiger partial charge in [-0.05, 0) is 26.0 Å². The lowest BCUT2D eigenvalue weighted by Gasteiger charge is -2.33. The number of hydrogen-bond acceptors (Lipinski definition) is 7.